The quantitative estimate of drug-likeness (QED) is 0.0566. The summed E-state index contributed by atoms with van der Waals surface area (Å²) in [5.74, 6) is 2.53. The molecule has 2 atom stereocenters. The van der Waals surface area contributed by atoms with Crippen LogP contribution in [0.1, 0.15) is 189 Å². The summed E-state index contributed by atoms with van der Waals surface area (Å²) in [5.41, 5.74) is 1.37. The summed E-state index contributed by atoms with van der Waals surface area (Å²) in [6.45, 7) is 14.4. The number of rotatable bonds is 28. The summed E-state index contributed by atoms with van der Waals surface area (Å²) >= 11 is 0. The zero-order valence-electron chi connectivity index (χ0n) is 27.1. The van der Waals surface area contributed by atoms with Crippen molar-refractivity contribution >= 4 is 5.97 Å². The molecular weight excluding hydrogens is 464 g/mol. The van der Waals surface area contributed by atoms with Gasteiger partial charge in [0.25, 0.3) is 0 Å². The molecule has 0 fully saturated rings. The van der Waals surface area contributed by atoms with Crippen LogP contribution in [0.2, 0.25) is 0 Å². The van der Waals surface area contributed by atoms with Gasteiger partial charge in [-0.05, 0) is 50.0 Å². The second-order valence-corrected chi connectivity index (χ2v) is 13.1. The Morgan fingerprint density at radius 2 is 1.03 bits per heavy atom. The first-order chi connectivity index (χ1) is 18.3. The summed E-state index contributed by atoms with van der Waals surface area (Å²) in [7, 11) is 0. The minimum absolute atomic E-state index is 0.0239. The van der Waals surface area contributed by atoms with E-state index in [1.54, 1.807) is 0 Å². The average molecular weight is 535 g/mol. The predicted octanol–water partition coefficient (Wildman–Crippen LogP) is 12.4. The molecule has 0 aromatic carbocycles. The van der Waals surface area contributed by atoms with Gasteiger partial charge in [-0.2, -0.15) is 0 Å². The van der Waals surface area contributed by atoms with E-state index < -0.39 is 0 Å². The third-order valence-electron chi connectivity index (χ3n) is 8.30. The maximum absolute atomic E-state index is 12.0. The Kier molecular flexibility index (Phi) is 27.2. The molecule has 0 aliphatic rings. The first-order valence-electron chi connectivity index (χ1n) is 17.2. The van der Waals surface area contributed by atoms with Crippen LogP contribution in [0.3, 0.4) is 0 Å². The van der Waals surface area contributed by atoms with Gasteiger partial charge in [-0.25, -0.2) is 0 Å². The van der Waals surface area contributed by atoms with Gasteiger partial charge in [-0.15, -0.1) is 0 Å². The van der Waals surface area contributed by atoms with Crippen molar-refractivity contribution in [2.24, 2.45) is 17.8 Å². The third kappa shape index (κ3) is 28.2. The molecule has 2 heteroatoms. The summed E-state index contributed by atoms with van der Waals surface area (Å²) in [5, 5.41) is 0. The molecule has 0 spiro atoms. The SMILES string of the molecule is CCCCCCCCCCCCCCCC(=O)OC/C=C(\C)CCC[C@@H](C)CCC[C@@H](C)CCCC(C)C. The highest BCUT2D eigenvalue weighted by Gasteiger charge is 2.07. The van der Waals surface area contributed by atoms with Gasteiger partial charge in [-0.1, -0.05) is 162 Å². The lowest BCUT2D eigenvalue weighted by molar-refractivity contribution is -0.142. The molecule has 0 aromatic heterocycles. The molecule has 0 aromatic rings. The van der Waals surface area contributed by atoms with Gasteiger partial charge in [0, 0.05) is 6.42 Å². The number of carbonyl (C=O) groups is 1. The van der Waals surface area contributed by atoms with Gasteiger partial charge in [0.05, 0.1) is 0 Å². The fourth-order valence-electron chi connectivity index (χ4n) is 5.45. The van der Waals surface area contributed by atoms with Crippen LogP contribution in [0.15, 0.2) is 11.6 Å². The highest BCUT2D eigenvalue weighted by atomic mass is 16.5. The molecule has 38 heavy (non-hydrogen) atoms. The zero-order valence-corrected chi connectivity index (χ0v) is 27.1. The number of hydrogen-bond acceptors (Lipinski definition) is 2. The van der Waals surface area contributed by atoms with Gasteiger partial charge < -0.3 is 4.74 Å². The molecule has 0 aliphatic carbocycles. The Bertz CT molecular complexity index is 535. The standard InChI is InChI=1S/C36H70O2/c1-7-8-9-10-11-12-13-14-15-16-17-18-19-29-36(37)38-31-30-35(6)28-22-27-34(5)26-21-25-33(4)24-20-23-32(2)3/h30,32-34H,7-29,31H2,1-6H3/b35-30+/t33-,34-/m0/s1. The van der Waals surface area contributed by atoms with E-state index in [1.165, 1.54) is 128 Å². The lowest BCUT2D eigenvalue weighted by Crippen LogP contribution is -2.04. The zero-order chi connectivity index (χ0) is 28.3. The summed E-state index contributed by atoms with van der Waals surface area (Å²) in [4.78, 5) is 12.0. The Labute approximate surface area is 240 Å². The summed E-state index contributed by atoms with van der Waals surface area (Å²) < 4.78 is 5.45. The second-order valence-electron chi connectivity index (χ2n) is 13.1. The van der Waals surface area contributed by atoms with Crippen molar-refractivity contribution in [3.8, 4) is 0 Å². The smallest absolute Gasteiger partial charge is 0.306 e. The molecule has 0 N–H and O–H groups in total. The molecule has 0 unspecified atom stereocenters. The number of hydrogen-bond donors (Lipinski definition) is 0. The third-order valence-corrected chi connectivity index (χ3v) is 8.30. The van der Waals surface area contributed by atoms with Crippen molar-refractivity contribution in [1.29, 1.82) is 0 Å². The molecule has 0 rings (SSSR count). The van der Waals surface area contributed by atoms with Gasteiger partial charge in [0.1, 0.15) is 6.61 Å². The monoisotopic (exact) mass is 535 g/mol. The molecule has 2 nitrogen and oxygen atoms in total. The van der Waals surface area contributed by atoms with E-state index in [-0.39, 0.29) is 5.97 Å². The summed E-state index contributed by atoms with van der Waals surface area (Å²) in [6.07, 6.45) is 32.0. The van der Waals surface area contributed by atoms with Crippen molar-refractivity contribution in [1.82, 2.24) is 0 Å². The number of ether oxygens (including phenoxy) is 1. The molecule has 0 bridgehead atoms. The fraction of sp³-hybridized carbons (Fsp3) is 0.917. The first-order valence-corrected chi connectivity index (χ1v) is 17.2. The van der Waals surface area contributed by atoms with Crippen LogP contribution in [0, 0.1) is 17.8 Å². The number of esters is 1. The van der Waals surface area contributed by atoms with Crippen LogP contribution < -0.4 is 0 Å². The van der Waals surface area contributed by atoms with Gasteiger partial charge in [0.2, 0.25) is 0 Å². The van der Waals surface area contributed by atoms with Crippen LogP contribution in [0.4, 0.5) is 0 Å². The first kappa shape index (κ1) is 37.2. The predicted molar refractivity (Wildman–Crippen MR) is 170 cm³/mol. The van der Waals surface area contributed by atoms with E-state index in [0.29, 0.717) is 13.0 Å². The number of unbranched alkanes of at least 4 members (excludes halogenated alkanes) is 12. The molecule has 0 amide bonds. The second kappa shape index (κ2) is 27.8. The molecule has 0 radical (unpaired) electrons. The van der Waals surface area contributed by atoms with Gasteiger partial charge in [-0.3, -0.25) is 4.79 Å². The average Bonchev–Trinajstić information content (AvgIpc) is 2.86. The number of carbonyl (C=O) groups excluding carboxylic acids is 1. The fourth-order valence-corrected chi connectivity index (χ4v) is 5.45. The van der Waals surface area contributed by atoms with Crippen molar-refractivity contribution in [3.05, 3.63) is 11.6 Å². The largest absolute Gasteiger partial charge is 0.461 e. The van der Waals surface area contributed by atoms with E-state index in [1.807, 2.05) is 0 Å². The molecule has 0 saturated heterocycles. The molecule has 0 aliphatic heterocycles. The minimum atomic E-state index is -0.0239. The van der Waals surface area contributed by atoms with Crippen LogP contribution in [-0.2, 0) is 9.53 Å². The number of allylic oxidation sites excluding steroid dienone is 1. The van der Waals surface area contributed by atoms with Crippen LogP contribution in [-0.4, -0.2) is 12.6 Å². The van der Waals surface area contributed by atoms with E-state index in [0.717, 1.165) is 37.0 Å². The van der Waals surface area contributed by atoms with E-state index in [2.05, 4.69) is 47.6 Å². The van der Waals surface area contributed by atoms with Crippen molar-refractivity contribution in [3.63, 3.8) is 0 Å². The maximum Gasteiger partial charge on any atom is 0.306 e. The Morgan fingerprint density at radius 1 is 0.579 bits per heavy atom. The topological polar surface area (TPSA) is 26.3 Å². The Hall–Kier alpha value is -0.790. The van der Waals surface area contributed by atoms with E-state index >= 15 is 0 Å². The highest BCUT2D eigenvalue weighted by molar-refractivity contribution is 5.69. The lowest BCUT2D eigenvalue weighted by atomic mass is 9.91. The highest BCUT2D eigenvalue weighted by Crippen LogP contribution is 2.22. The van der Waals surface area contributed by atoms with Crippen LogP contribution in [0.25, 0.3) is 0 Å². The summed E-state index contributed by atoms with van der Waals surface area (Å²) in [6, 6.07) is 0. The van der Waals surface area contributed by atoms with E-state index in [9.17, 15) is 4.79 Å². The van der Waals surface area contributed by atoms with Crippen molar-refractivity contribution < 1.29 is 9.53 Å². The van der Waals surface area contributed by atoms with Crippen molar-refractivity contribution in [2.45, 2.75) is 189 Å². The Morgan fingerprint density at radius 3 is 1.53 bits per heavy atom. The van der Waals surface area contributed by atoms with Gasteiger partial charge >= 0.3 is 5.97 Å². The molecule has 0 heterocycles. The maximum atomic E-state index is 12.0. The van der Waals surface area contributed by atoms with Crippen molar-refractivity contribution in [2.75, 3.05) is 6.61 Å². The normalized spacial score (nSPS) is 13.7. The molecule has 0 saturated carbocycles. The molecular formula is C36H70O2. The molecule has 226 valence electrons. The minimum Gasteiger partial charge on any atom is -0.461 e. The lowest BCUT2D eigenvalue weighted by Gasteiger charge is -2.15. The van der Waals surface area contributed by atoms with E-state index in [4.69, 9.17) is 4.74 Å². The van der Waals surface area contributed by atoms with Crippen LogP contribution >= 0.6 is 0 Å². The van der Waals surface area contributed by atoms with Crippen LogP contribution in [0.5, 0.6) is 0 Å². The Balaban J connectivity index is 3.55. The van der Waals surface area contributed by atoms with Gasteiger partial charge in [0.15, 0.2) is 0 Å².